The molecule has 2 aromatic rings. The minimum absolute atomic E-state index is 0.00933. The lowest BCUT2D eigenvalue weighted by atomic mass is 10.1. The van der Waals surface area contributed by atoms with Crippen LogP contribution in [0, 0.1) is 18.0 Å². The highest BCUT2D eigenvalue weighted by atomic mass is 32.1. The molecule has 5 heteroatoms. The first-order chi connectivity index (χ1) is 10.1. The molecule has 1 aliphatic carbocycles. The van der Waals surface area contributed by atoms with Gasteiger partial charge in [-0.25, -0.2) is 5.43 Å². The van der Waals surface area contributed by atoms with Gasteiger partial charge < -0.3 is 0 Å². The fraction of sp³-hybridized carbons (Fsp3) is 0.250. The van der Waals surface area contributed by atoms with E-state index < -0.39 is 0 Å². The number of hydrogen-bond donors (Lipinski definition) is 1. The van der Waals surface area contributed by atoms with Crippen molar-refractivity contribution in [3.05, 3.63) is 57.5 Å². The van der Waals surface area contributed by atoms with Crippen molar-refractivity contribution in [2.45, 2.75) is 19.3 Å². The Kier molecular flexibility index (Phi) is 3.84. The van der Waals surface area contributed by atoms with Crippen LogP contribution in [0.25, 0.3) is 0 Å². The van der Waals surface area contributed by atoms with Crippen LogP contribution in [-0.4, -0.2) is 12.1 Å². The molecule has 1 aromatic heterocycles. The maximum atomic E-state index is 12.8. The number of halogens is 1. The minimum atomic E-state index is -0.260. The third-order valence-electron chi connectivity index (χ3n) is 3.59. The van der Waals surface area contributed by atoms with Crippen LogP contribution >= 0.6 is 11.3 Å². The molecule has 0 saturated heterocycles. The number of hydrogen-bond acceptors (Lipinski definition) is 3. The third-order valence-corrected chi connectivity index (χ3v) is 4.40. The van der Waals surface area contributed by atoms with E-state index in [0.29, 0.717) is 10.8 Å². The standard InChI is InChI=1S/C16H15FN2OS/c1-10-2-4-11(5-3-10)13-8-14(13)16(20)19-18-9-12-6-7-15(17)21-12/h2-7,9,13-14H,8H2,1H3,(H,19,20)/b18-9-/t13-,14-/m1/s1. The molecule has 0 bridgehead atoms. The largest absolute Gasteiger partial charge is 0.273 e. The summed E-state index contributed by atoms with van der Waals surface area (Å²) in [6.45, 7) is 2.04. The molecule has 1 aliphatic rings. The van der Waals surface area contributed by atoms with Gasteiger partial charge in [0.05, 0.1) is 11.1 Å². The Morgan fingerprint density at radius 3 is 2.76 bits per heavy atom. The number of amides is 1. The summed E-state index contributed by atoms with van der Waals surface area (Å²) in [5.74, 6) is 0.207. The molecule has 1 aromatic carbocycles. The molecule has 1 amide bonds. The van der Waals surface area contributed by atoms with E-state index >= 15 is 0 Å². The van der Waals surface area contributed by atoms with Crippen molar-refractivity contribution in [2.24, 2.45) is 11.0 Å². The van der Waals surface area contributed by atoms with E-state index in [-0.39, 0.29) is 17.0 Å². The minimum Gasteiger partial charge on any atom is -0.273 e. The molecule has 1 saturated carbocycles. The van der Waals surface area contributed by atoms with Gasteiger partial charge in [-0.05, 0) is 37.0 Å². The molecular weight excluding hydrogens is 287 g/mol. The first-order valence-electron chi connectivity index (χ1n) is 6.78. The number of nitrogens with one attached hydrogen (secondary N) is 1. The van der Waals surface area contributed by atoms with Crippen LogP contribution in [0.15, 0.2) is 41.5 Å². The van der Waals surface area contributed by atoms with Crippen LogP contribution in [0.2, 0.25) is 0 Å². The SMILES string of the molecule is Cc1ccc([C@H]2C[C@H]2C(=O)N/N=C\c2ccc(F)s2)cc1. The number of aryl methyl sites for hydroxylation is 1. The molecule has 0 spiro atoms. The summed E-state index contributed by atoms with van der Waals surface area (Å²) in [6, 6.07) is 11.3. The van der Waals surface area contributed by atoms with Crippen molar-refractivity contribution in [2.75, 3.05) is 0 Å². The maximum absolute atomic E-state index is 12.8. The Labute approximate surface area is 126 Å². The van der Waals surface area contributed by atoms with Gasteiger partial charge in [-0.15, -0.1) is 11.3 Å². The zero-order chi connectivity index (χ0) is 14.8. The van der Waals surface area contributed by atoms with E-state index in [2.05, 4.69) is 34.8 Å². The highest BCUT2D eigenvalue weighted by Gasteiger charge is 2.43. The number of rotatable bonds is 4. The molecule has 1 fully saturated rings. The Balaban J connectivity index is 1.53. The number of benzene rings is 1. The lowest BCUT2D eigenvalue weighted by Crippen LogP contribution is -2.19. The molecule has 3 nitrogen and oxygen atoms in total. The van der Waals surface area contributed by atoms with Gasteiger partial charge in [0.2, 0.25) is 5.91 Å². The quantitative estimate of drug-likeness (QED) is 0.682. The summed E-state index contributed by atoms with van der Waals surface area (Å²) in [5.41, 5.74) is 4.94. The lowest BCUT2D eigenvalue weighted by Gasteiger charge is -2.01. The average Bonchev–Trinajstić information content (AvgIpc) is 3.16. The number of carbonyl (C=O) groups is 1. The second kappa shape index (κ2) is 5.77. The molecule has 108 valence electrons. The summed E-state index contributed by atoms with van der Waals surface area (Å²) in [5, 5.41) is 3.62. The topological polar surface area (TPSA) is 41.5 Å². The predicted octanol–water partition coefficient (Wildman–Crippen LogP) is 3.45. The molecule has 3 rings (SSSR count). The Bertz CT molecular complexity index is 678. The summed E-state index contributed by atoms with van der Waals surface area (Å²) >= 11 is 0.995. The monoisotopic (exact) mass is 302 g/mol. The van der Waals surface area contributed by atoms with Gasteiger partial charge >= 0.3 is 0 Å². The molecule has 0 radical (unpaired) electrons. The second-order valence-corrected chi connectivity index (χ2v) is 6.30. The maximum Gasteiger partial charge on any atom is 0.243 e. The third kappa shape index (κ3) is 3.36. The molecule has 2 atom stereocenters. The number of thiophene rings is 1. The van der Waals surface area contributed by atoms with Crippen molar-refractivity contribution in [3.8, 4) is 0 Å². The zero-order valence-electron chi connectivity index (χ0n) is 11.5. The summed E-state index contributed by atoms with van der Waals surface area (Å²) < 4.78 is 12.8. The van der Waals surface area contributed by atoms with E-state index in [4.69, 9.17) is 0 Å². The fourth-order valence-corrected chi connectivity index (χ4v) is 2.91. The molecule has 0 aliphatic heterocycles. The van der Waals surface area contributed by atoms with Gasteiger partial charge in [-0.3, -0.25) is 4.79 Å². The predicted molar refractivity (Wildman–Crippen MR) is 82.0 cm³/mol. The van der Waals surface area contributed by atoms with E-state index in [0.717, 1.165) is 17.8 Å². The Morgan fingerprint density at radius 1 is 1.33 bits per heavy atom. The second-order valence-electron chi connectivity index (χ2n) is 5.24. The number of carbonyl (C=O) groups excluding carboxylic acids is 1. The highest BCUT2D eigenvalue weighted by molar-refractivity contribution is 7.12. The zero-order valence-corrected chi connectivity index (χ0v) is 12.4. The van der Waals surface area contributed by atoms with Crippen molar-refractivity contribution in [3.63, 3.8) is 0 Å². The highest BCUT2D eigenvalue weighted by Crippen LogP contribution is 2.47. The van der Waals surface area contributed by atoms with Gasteiger partial charge in [0.1, 0.15) is 0 Å². The average molecular weight is 302 g/mol. The van der Waals surface area contributed by atoms with Crippen molar-refractivity contribution < 1.29 is 9.18 Å². The molecular formula is C16H15FN2OS. The summed E-state index contributed by atoms with van der Waals surface area (Å²) in [7, 11) is 0. The van der Waals surface area contributed by atoms with E-state index in [1.54, 1.807) is 6.07 Å². The van der Waals surface area contributed by atoms with Crippen LogP contribution in [0.5, 0.6) is 0 Å². The summed E-state index contributed by atoms with van der Waals surface area (Å²) in [4.78, 5) is 12.6. The smallest absolute Gasteiger partial charge is 0.243 e. The van der Waals surface area contributed by atoms with Crippen LogP contribution in [0.3, 0.4) is 0 Å². The van der Waals surface area contributed by atoms with Crippen LogP contribution in [0.4, 0.5) is 4.39 Å². The number of hydrazone groups is 1. The molecule has 0 unspecified atom stereocenters. The van der Waals surface area contributed by atoms with Crippen molar-refractivity contribution in [1.29, 1.82) is 0 Å². The fourth-order valence-electron chi connectivity index (χ4n) is 2.31. The molecule has 1 heterocycles. The van der Waals surface area contributed by atoms with Gasteiger partial charge in [0.25, 0.3) is 0 Å². The van der Waals surface area contributed by atoms with E-state index in [1.807, 2.05) is 6.92 Å². The lowest BCUT2D eigenvalue weighted by molar-refractivity contribution is -0.122. The number of nitrogens with zero attached hydrogens (tertiary/aromatic N) is 1. The van der Waals surface area contributed by atoms with Gasteiger partial charge in [-0.1, -0.05) is 29.8 Å². The van der Waals surface area contributed by atoms with Crippen LogP contribution in [0.1, 0.15) is 28.3 Å². The van der Waals surface area contributed by atoms with Gasteiger partial charge in [0, 0.05) is 5.92 Å². The molecule has 21 heavy (non-hydrogen) atoms. The van der Waals surface area contributed by atoms with E-state index in [9.17, 15) is 9.18 Å². The summed E-state index contributed by atoms with van der Waals surface area (Å²) in [6.07, 6.45) is 2.33. The van der Waals surface area contributed by atoms with Gasteiger partial charge in [0.15, 0.2) is 5.13 Å². The normalized spacial score (nSPS) is 20.7. The van der Waals surface area contributed by atoms with Crippen LogP contribution < -0.4 is 5.43 Å². The van der Waals surface area contributed by atoms with Crippen molar-refractivity contribution >= 4 is 23.5 Å². The van der Waals surface area contributed by atoms with E-state index in [1.165, 1.54) is 23.4 Å². The Hall–Kier alpha value is -2.01. The first kappa shape index (κ1) is 13.9. The molecule has 1 N–H and O–H groups in total. The van der Waals surface area contributed by atoms with Crippen molar-refractivity contribution in [1.82, 2.24) is 5.43 Å². The van der Waals surface area contributed by atoms with Gasteiger partial charge in [-0.2, -0.15) is 9.49 Å². The Morgan fingerprint density at radius 2 is 2.10 bits per heavy atom. The first-order valence-corrected chi connectivity index (χ1v) is 7.60. The van der Waals surface area contributed by atoms with Crippen LogP contribution in [-0.2, 0) is 4.79 Å².